The molecule has 1 saturated heterocycles. The highest BCUT2D eigenvalue weighted by molar-refractivity contribution is 7.91. The van der Waals surface area contributed by atoms with Crippen molar-refractivity contribution in [1.29, 1.82) is 0 Å². The summed E-state index contributed by atoms with van der Waals surface area (Å²) in [5.74, 6) is -0.799. The summed E-state index contributed by atoms with van der Waals surface area (Å²) in [7, 11) is -0.788. The number of hydrogen-bond acceptors (Lipinski definition) is 7. The van der Waals surface area contributed by atoms with Crippen molar-refractivity contribution >= 4 is 33.2 Å². The number of hydrogen-bond donors (Lipinski definition) is 0. The molecule has 0 atom stereocenters. The molecule has 11 heteroatoms. The molecule has 0 saturated carbocycles. The SMILES string of the molecule is CCc1cc(C(=O)N2CCc3c(sc(S(=O)(=O)N4CCCC4)c3C(=O)OC)C2)n(C)n1. The van der Waals surface area contributed by atoms with E-state index in [1.54, 1.807) is 22.7 Å². The molecule has 2 aromatic rings. The summed E-state index contributed by atoms with van der Waals surface area (Å²) in [6.07, 6.45) is 2.75. The van der Waals surface area contributed by atoms with E-state index in [2.05, 4.69) is 5.10 Å². The number of sulfonamides is 1. The minimum Gasteiger partial charge on any atom is -0.465 e. The van der Waals surface area contributed by atoms with E-state index < -0.39 is 16.0 Å². The average Bonchev–Trinajstić information content (AvgIpc) is 3.50. The lowest BCUT2D eigenvalue weighted by molar-refractivity contribution is 0.0595. The van der Waals surface area contributed by atoms with Crippen molar-refractivity contribution in [2.75, 3.05) is 26.7 Å². The molecule has 0 bridgehead atoms. The number of carbonyl (C=O) groups excluding carboxylic acids is 2. The van der Waals surface area contributed by atoms with Gasteiger partial charge in [0, 0.05) is 31.6 Å². The molecule has 2 aliphatic rings. The van der Waals surface area contributed by atoms with E-state index in [0.717, 1.165) is 41.2 Å². The van der Waals surface area contributed by atoms with Gasteiger partial charge in [-0.2, -0.15) is 9.40 Å². The number of amides is 1. The predicted octanol–water partition coefficient (Wildman–Crippen LogP) is 1.81. The molecule has 1 fully saturated rings. The summed E-state index contributed by atoms with van der Waals surface area (Å²) >= 11 is 1.08. The fourth-order valence-corrected chi connectivity index (χ4v) is 7.71. The van der Waals surface area contributed by atoms with E-state index in [0.29, 0.717) is 37.3 Å². The van der Waals surface area contributed by atoms with Crippen molar-refractivity contribution in [1.82, 2.24) is 19.0 Å². The fourth-order valence-electron chi connectivity index (χ4n) is 4.15. The Bertz CT molecular complexity index is 1130. The van der Waals surface area contributed by atoms with Crippen LogP contribution >= 0.6 is 11.3 Å². The van der Waals surface area contributed by atoms with Crippen LogP contribution in [0.3, 0.4) is 0 Å². The van der Waals surface area contributed by atoms with E-state index in [-0.39, 0.29) is 22.2 Å². The number of esters is 1. The minimum absolute atomic E-state index is 0.0364. The standard InChI is InChI=1S/C20H26N4O5S2/c1-4-13-11-15(22(2)21-13)18(25)23-10-7-14-16(12-23)30-20(17(14)19(26)29-3)31(27,28)24-8-5-6-9-24/h11H,4-10,12H2,1-3H3. The van der Waals surface area contributed by atoms with Crippen LogP contribution in [0.5, 0.6) is 0 Å². The molecule has 1 amide bonds. The lowest BCUT2D eigenvalue weighted by Crippen LogP contribution is -2.36. The Hall–Kier alpha value is -2.24. The van der Waals surface area contributed by atoms with Gasteiger partial charge in [0.15, 0.2) is 0 Å². The second kappa shape index (κ2) is 8.36. The van der Waals surface area contributed by atoms with Crippen molar-refractivity contribution < 1.29 is 22.7 Å². The van der Waals surface area contributed by atoms with Crippen LogP contribution in [0.1, 0.15) is 56.7 Å². The van der Waals surface area contributed by atoms with Gasteiger partial charge < -0.3 is 9.64 Å². The third kappa shape index (κ3) is 3.79. The van der Waals surface area contributed by atoms with E-state index in [1.807, 2.05) is 6.92 Å². The number of thiophene rings is 1. The lowest BCUT2D eigenvalue weighted by Gasteiger charge is -2.27. The molecule has 4 heterocycles. The van der Waals surface area contributed by atoms with Crippen LogP contribution in [-0.2, 0) is 41.2 Å². The Balaban J connectivity index is 1.69. The van der Waals surface area contributed by atoms with Crippen LogP contribution in [0.4, 0.5) is 0 Å². The number of methoxy groups -OCH3 is 1. The number of rotatable bonds is 5. The first kappa shape index (κ1) is 22.0. The van der Waals surface area contributed by atoms with Crippen LogP contribution in [-0.4, -0.2) is 66.0 Å². The van der Waals surface area contributed by atoms with Crippen molar-refractivity contribution in [3.8, 4) is 0 Å². The molecule has 2 aromatic heterocycles. The zero-order chi connectivity index (χ0) is 22.3. The number of aromatic nitrogens is 2. The Morgan fingerprint density at radius 2 is 1.94 bits per heavy atom. The van der Waals surface area contributed by atoms with Gasteiger partial charge >= 0.3 is 5.97 Å². The van der Waals surface area contributed by atoms with Crippen molar-refractivity contribution in [2.45, 2.75) is 43.4 Å². The normalized spacial score (nSPS) is 17.1. The van der Waals surface area contributed by atoms with Gasteiger partial charge in [-0.15, -0.1) is 11.3 Å². The van der Waals surface area contributed by atoms with Gasteiger partial charge in [0.2, 0.25) is 0 Å². The van der Waals surface area contributed by atoms with Crippen LogP contribution < -0.4 is 0 Å². The third-order valence-electron chi connectivity index (χ3n) is 5.85. The highest BCUT2D eigenvalue weighted by Gasteiger charge is 2.38. The topological polar surface area (TPSA) is 102 Å². The molecule has 0 aliphatic carbocycles. The second-order valence-electron chi connectivity index (χ2n) is 7.74. The van der Waals surface area contributed by atoms with E-state index in [1.165, 1.54) is 11.4 Å². The number of nitrogens with zero attached hydrogens (tertiary/aromatic N) is 4. The summed E-state index contributed by atoms with van der Waals surface area (Å²) in [6.45, 7) is 3.53. The summed E-state index contributed by atoms with van der Waals surface area (Å²) in [4.78, 5) is 28.1. The molecular weight excluding hydrogens is 440 g/mol. The van der Waals surface area contributed by atoms with E-state index >= 15 is 0 Å². The van der Waals surface area contributed by atoms with Gasteiger partial charge in [-0.05, 0) is 37.3 Å². The van der Waals surface area contributed by atoms with Crippen molar-refractivity contribution in [3.05, 3.63) is 33.5 Å². The first-order valence-corrected chi connectivity index (χ1v) is 12.6. The van der Waals surface area contributed by atoms with Gasteiger partial charge in [0.05, 0.1) is 24.9 Å². The predicted molar refractivity (Wildman–Crippen MR) is 115 cm³/mol. The Labute approximate surface area is 185 Å². The summed E-state index contributed by atoms with van der Waals surface area (Å²) in [5, 5.41) is 4.34. The van der Waals surface area contributed by atoms with Crippen LogP contribution in [0.2, 0.25) is 0 Å². The van der Waals surface area contributed by atoms with Crippen molar-refractivity contribution in [2.24, 2.45) is 7.05 Å². The minimum atomic E-state index is -3.78. The Kier molecular flexibility index (Phi) is 5.93. The molecule has 0 unspecified atom stereocenters. The number of carbonyl (C=O) groups is 2. The van der Waals surface area contributed by atoms with Gasteiger partial charge in [-0.1, -0.05) is 6.92 Å². The zero-order valence-corrected chi connectivity index (χ0v) is 19.5. The Morgan fingerprint density at radius 1 is 1.23 bits per heavy atom. The monoisotopic (exact) mass is 466 g/mol. The van der Waals surface area contributed by atoms with Gasteiger partial charge in [0.1, 0.15) is 9.90 Å². The molecule has 168 valence electrons. The molecule has 0 radical (unpaired) electrons. The fraction of sp³-hybridized carbons (Fsp3) is 0.550. The first-order valence-electron chi connectivity index (χ1n) is 10.3. The average molecular weight is 467 g/mol. The van der Waals surface area contributed by atoms with E-state index in [9.17, 15) is 18.0 Å². The quantitative estimate of drug-likeness (QED) is 0.623. The number of fused-ring (bicyclic) bond motifs is 1. The molecular formula is C20H26N4O5S2. The first-order chi connectivity index (χ1) is 14.8. The highest BCUT2D eigenvalue weighted by atomic mass is 32.2. The van der Waals surface area contributed by atoms with Crippen LogP contribution in [0.25, 0.3) is 0 Å². The number of ether oxygens (including phenoxy) is 1. The molecule has 0 aromatic carbocycles. The van der Waals surface area contributed by atoms with Gasteiger partial charge in [-0.3, -0.25) is 9.48 Å². The van der Waals surface area contributed by atoms with Gasteiger partial charge in [0.25, 0.3) is 15.9 Å². The third-order valence-corrected chi connectivity index (χ3v) is 9.46. The summed E-state index contributed by atoms with van der Waals surface area (Å²) in [5.41, 5.74) is 2.15. The second-order valence-corrected chi connectivity index (χ2v) is 11.0. The molecule has 31 heavy (non-hydrogen) atoms. The van der Waals surface area contributed by atoms with Crippen molar-refractivity contribution in [3.63, 3.8) is 0 Å². The maximum Gasteiger partial charge on any atom is 0.340 e. The molecule has 9 nitrogen and oxygen atoms in total. The maximum atomic E-state index is 13.2. The molecule has 0 spiro atoms. The lowest BCUT2D eigenvalue weighted by atomic mass is 10.0. The van der Waals surface area contributed by atoms with Crippen LogP contribution in [0.15, 0.2) is 10.3 Å². The largest absolute Gasteiger partial charge is 0.465 e. The van der Waals surface area contributed by atoms with Crippen LogP contribution in [0, 0.1) is 0 Å². The maximum absolute atomic E-state index is 13.2. The molecule has 0 N–H and O–H groups in total. The van der Waals surface area contributed by atoms with Gasteiger partial charge in [-0.25, -0.2) is 13.2 Å². The van der Waals surface area contributed by atoms with E-state index in [4.69, 9.17) is 4.74 Å². The number of aryl methyl sites for hydroxylation is 2. The smallest absolute Gasteiger partial charge is 0.340 e. The molecule has 2 aliphatic heterocycles. The highest BCUT2D eigenvalue weighted by Crippen LogP contribution is 2.39. The molecule has 4 rings (SSSR count). The summed E-state index contributed by atoms with van der Waals surface area (Å²) < 4.78 is 34.5. The Morgan fingerprint density at radius 3 is 2.55 bits per heavy atom. The zero-order valence-electron chi connectivity index (χ0n) is 17.9. The summed E-state index contributed by atoms with van der Waals surface area (Å²) in [6, 6.07) is 1.79.